The van der Waals surface area contributed by atoms with Crippen LogP contribution in [0.15, 0.2) is 72.8 Å². The average Bonchev–Trinajstić information content (AvgIpc) is 2.92. The Labute approximate surface area is 234 Å². The molecule has 1 aliphatic heterocycles. The van der Waals surface area contributed by atoms with Gasteiger partial charge in [0.1, 0.15) is 5.82 Å². The quantitative estimate of drug-likeness (QED) is 0.312. The molecule has 0 unspecified atom stereocenters. The minimum Gasteiger partial charge on any atom is -0.481 e. The lowest BCUT2D eigenvalue weighted by Crippen LogP contribution is -2.66. The average molecular weight is 546 g/mol. The van der Waals surface area contributed by atoms with Crippen LogP contribution in [0.2, 0.25) is 5.04 Å². The molecule has 0 saturated carbocycles. The number of carboxylic acid groups (broad SMARTS) is 1. The summed E-state index contributed by atoms with van der Waals surface area (Å²) in [4.78, 5) is 18.0. The van der Waals surface area contributed by atoms with Gasteiger partial charge in [-0.2, -0.15) is 0 Å². The first kappa shape index (κ1) is 28.8. The Morgan fingerprint density at radius 1 is 1.00 bits per heavy atom. The van der Waals surface area contributed by atoms with Gasteiger partial charge in [-0.25, -0.2) is 4.98 Å². The number of hydrogen-bond donors (Lipinski definition) is 2. The molecule has 3 aromatic rings. The van der Waals surface area contributed by atoms with Crippen LogP contribution < -0.4 is 20.6 Å². The van der Waals surface area contributed by atoms with Gasteiger partial charge in [0.2, 0.25) is 0 Å². The number of piperidine rings is 1. The van der Waals surface area contributed by atoms with Gasteiger partial charge in [0, 0.05) is 26.2 Å². The second-order valence-corrected chi connectivity index (χ2v) is 15.9. The molecule has 1 fully saturated rings. The third-order valence-electron chi connectivity index (χ3n) is 7.93. The number of benzene rings is 2. The number of nitrogens with zero attached hydrogens (tertiary/aromatic N) is 2. The molecule has 0 spiro atoms. The number of carbonyl (C=O) groups is 1. The topological polar surface area (TPSA) is 74.7 Å². The van der Waals surface area contributed by atoms with Crippen LogP contribution in [0.1, 0.15) is 52.1 Å². The summed E-state index contributed by atoms with van der Waals surface area (Å²) < 4.78 is 7.13. The van der Waals surface area contributed by atoms with E-state index in [1.54, 1.807) is 0 Å². The molecule has 2 N–H and O–H groups in total. The van der Waals surface area contributed by atoms with Gasteiger partial charge >= 0.3 is 5.97 Å². The van der Waals surface area contributed by atoms with Crippen LogP contribution in [-0.2, 0) is 9.22 Å². The molecule has 39 heavy (non-hydrogen) atoms. The Balaban J connectivity index is 1.37. The molecule has 208 valence electrons. The van der Waals surface area contributed by atoms with Gasteiger partial charge in [-0.05, 0) is 59.6 Å². The second kappa shape index (κ2) is 12.8. The molecule has 2 aromatic carbocycles. The van der Waals surface area contributed by atoms with E-state index in [9.17, 15) is 4.79 Å². The van der Waals surface area contributed by atoms with Gasteiger partial charge in [0.05, 0.1) is 17.8 Å². The summed E-state index contributed by atoms with van der Waals surface area (Å²) in [5.41, 5.74) is 1.80. The number of aromatic nitrogens is 1. The normalized spacial score (nSPS) is 14.8. The lowest BCUT2D eigenvalue weighted by molar-refractivity contribution is -0.136. The molecular weight excluding hydrogens is 502 g/mol. The van der Waals surface area contributed by atoms with Crippen LogP contribution in [0.4, 0.5) is 11.5 Å². The highest BCUT2D eigenvalue weighted by Gasteiger charge is 2.50. The van der Waals surface area contributed by atoms with Crippen molar-refractivity contribution in [1.82, 2.24) is 4.98 Å². The first-order valence-corrected chi connectivity index (χ1v) is 16.0. The Hall–Kier alpha value is -3.16. The zero-order chi connectivity index (χ0) is 27.9. The van der Waals surface area contributed by atoms with Crippen molar-refractivity contribution in [2.24, 2.45) is 5.92 Å². The first-order valence-electron chi connectivity index (χ1n) is 14.1. The largest absolute Gasteiger partial charge is 0.481 e. The SMILES string of the molecule is Cc1nc(N2CCC(CCO[Si](c3ccccc3)(c3ccccc3)C(C)(C)C)CC2)ccc1NCCC(=O)O. The summed E-state index contributed by atoms with van der Waals surface area (Å²) in [6, 6.07) is 25.8. The van der Waals surface area contributed by atoms with E-state index in [1.165, 1.54) is 10.4 Å². The number of pyridine rings is 1. The molecule has 0 bridgehead atoms. The molecule has 7 heteroatoms. The van der Waals surface area contributed by atoms with E-state index in [0.717, 1.165) is 56.2 Å². The molecule has 0 amide bonds. The molecule has 6 nitrogen and oxygen atoms in total. The standard InChI is InChI=1S/C32H43N3O3Si/c1-25-29(33-21-17-31(36)37)15-16-30(34-25)35-22-18-26(19-23-35)20-24-38-39(32(2,3)4,27-11-7-5-8-12-27)28-13-9-6-10-14-28/h5-16,26,33H,17-24H2,1-4H3,(H,36,37). The summed E-state index contributed by atoms with van der Waals surface area (Å²) in [6.45, 7) is 12.1. The number of carboxylic acids is 1. The summed E-state index contributed by atoms with van der Waals surface area (Å²) in [7, 11) is -2.49. The molecule has 0 aliphatic carbocycles. The van der Waals surface area contributed by atoms with Crippen LogP contribution in [0.3, 0.4) is 0 Å². The summed E-state index contributed by atoms with van der Waals surface area (Å²) in [6.07, 6.45) is 3.42. The van der Waals surface area contributed by atoms with Gasteiger partial charge in [-0.3, -0.25) is 4.79 Å². The number of rotatable bonds is 11. The van der Waals surface area contributed by atoms with Crippen molar-refractivity contribution in [3.05, 3.63) is 78.5 Å². The van der Waals surface area contributed by atoms with Crippen molar-refractivity contribution < 1.29 is 14.3 Å². The lowest BCUT2D eigenvalue weighted by Gasteiger charge is -2.43. The van der Waals surface area contributed by atoms with Crippen LogP contribution in [0, 0.1) is 12.8 Å². The Bertz CT molecular complexity index is 1170. The van der Waals surface area contributed by atoms with E-state index >= 15 is 0 Å². The fraction of sp³-hybridized carbons (Fsp3) is 0.438. The molecule has 0 atom stereocenters. The molecular formula is C32H43N3O3Si. The van der Waals surface area contributed by atoms with Crippen molar-refractivity contribution in [3.8, 4) is 0 Å². The predicted octanol–water partition coefficient (Wildman–Crippen LogP) is 5.46. The van der Waals surface area contributed by atoms with Gasteiger partial charge in [-0.15, -0.1) is 0 Å². The number of hydrogen-bond acceptors (Lipinski definition) is 5. The summed E-state index contributed by atoms with van der Waals surface area (Å²) >= 11 is 0. The van der Waals surface area contributed by atoms with Crippen molar-refractivity contribution in [3.63, 3.8) is 0 Å². The monoisotopic (exact) mass is 545 g/mol. The van der Waals surface area contributed by atoms with E-state index in [1.807, 2.05) is 19.1 Å². The highest BCUT2D eigenvalue weighted by Crippen LogP contribution is 2.37. The Morgan fingerprint density at radius 3 is 2.10 bits per heavy atom. The maximum atomic E-state index is 10.8. The highest BCUT2D eigenvalue weighted by atomic mass is 28.4. The van der Waals surface area contributed by atoms with E-state index in [-0.39, 0.29) is 11.5 Å². The third-order valence-corrected chi connectivity index (χ3v) is 13.0. The maximum Gasteiger partial charge on any atom is 0.305 e. The van der Waals surface area contributed by atoms with Crippen LogP contribution in [0.25, 0.3) is 0 Å². The highest BCUT2D eigenvalue weighted by molar-refractivity contribution is 6.99. The molecule has 1 saturated heterocycles. The molecule has 4 rings (SSSR count). The maximum absolute atomic E-state index is 10.8. The number of nitrogens with one attached hydrogen (secondary N) is 1. The van der Waals surface area contributed by atoms with Crippen LogP contribution in [-0.4, -0.2) is 50.6 Å². The minimum absolute atomic E-state index is 0.00273. The van der Waals surface area contributed by atoms with E-state index in [4.69, 9.17) is 14.5 Å². The zero-order valence-electron chi connectivity index (χ0n) is 23.8. The van der Waals surface area contributed by atoms with Crippen molar-refractivity contribution in [2.75, 3.05) is 36.5 Å². The number of aryl methyl sites for hydroxylation is 1. The molecule has 2 heterocycles. The van der Waals surface area contributed by atoms with E-state index in [0.29, 0.717) is 12.5 Å². The molecule has 0 radical (unpaired) electrons. The fourth-order valence-corrected chi connectivity index (χ4v) is 10.4. The van der Waals surface area contributed by atoms with Gasteiger partial charge in [0.25, 0.3) is 8.32 Å². The Morgan fingerprint density at radius 2 is 1.59 bits per heavy atom. The van der Waals surface area contributed by atoms with Crippen molar-refractivity contribution in [1.29, 1.82) is 0 Å². The molecule has 1 aromatic heterocycles. The molecule has 1 aliphatic rings. The van der Waals surface area contributed by atoms with Gasteiger partial charge < -0.3 is 19.7 Å². The zero-order valence-corrected chi connectivity index (χ0v) is 24.8. The van der Waals surface area contributed by atoms with E-state index in [2.05, 4.69) is 91.7 Å². The predicted molar refractivity (Wildman–Crippen MR) is 163 cm³/mol. The number of anilines is 2. The number of aliphatic carboxylic acids is 1. The van der Waals surface area contributed by atoms with E-state index < -0.39 is 14.3 Å². The minimum atomic E-state index is -2.49. The lowest BCUT2D eigenvalue weighted by atomic mass is 9.94. The van der Waals surface area contributed by atoms with Crippen molar-refractivity contribution >= 4 is 36.2 Å². The van der Waals surface area contributed by atoms with Crippen LogP contribution in [0.5, 0.6) is 0 Å². The first-order chi connectivity index (χ1) is 18.7. The Kier molecular flexibility index (Phi) is 9.46. The van der Waals surface area contributed by atoms with Gasteiger partial charge in [0.15, 0.2) is 0 Å². The summed E-state index contributed by atoms with van der Waals surface area (Å²) in [5.74, 6) is 0.834. The third kappa shape index (κ3) is 6.89. The smallest absolute Gasteiger partial charge is 0.305 e. The van der Waals surface area contributed by atoms with Gasteiger partial charge in [-0.1, -0.05) is 81.4 Å². The second-order valence-electron chi connectivity index (χ2n) is 11.6. The van der Waals surface area contributed by atoms with Crippen molar-refractivity contribution in [2.45, 2.75) is 58.4 Å². The van der Waals surface area contributed by atoms with Crippen LogP contribution >= 0.6 is 0 Å². The fourth-order valence-electron chi connectivity index (χ4n) is 5.81. The summed E-state index contributed by atoms with van der Waals surface area (Å²) in [5, 5.41) is 14.7.